The minimum atomic E-state index is -0.690. The van der Waals surface area contributed by atoms with Crippen molar-refractivity contribution in [1.29, 1.82) is 0 Å². The van der Waals surface area contributed by atoms with Crippen molar-refractivity contribution in [3.8, 4) is 0 Å². The maximum absolute atomic E-state index is 10.4. The minimum absolute atomic E-state index is 0.285. The van der Waals surface area contributed by atoms with Gasteiger partial charge < -0.3 is 10.0 Å². The van der Waals surface area contributed by atoms with Crippen molar-refractivity contribution in [1.82, 2.24) is 4.90 Å². The second kappa shape index (κ2) is 9.97. The molecule has 0 aliphatic carbocycles. The highest BCUT2D eigenvalue weighted by atomic mass is 32.2. The molecule has 16 heavy (non-hydrogen) atoms. The highest BCUT2D eigenvalue weighted by Crippen LogP contribution is 2.06. The molecule has 0 amide bonds. The number of hydrogen-bond acceptors (Lipinski definition) is 3. The molecule has 0 heterocycles. The van der Waals surface area contributed by atoms with Gasteiger partial charge in [-0.15, -0.1) is 0 Å². The lowest BCUT2D eigenvalue weighted by Gasteiger charge is -2.26. The molecule has 0 aromatic rings. The van der Waals surface area contributed by atoms with Crippen LogP contribution in [-0.4, -0.2) is 46.6 Å². The fourth-order valence-corrected chi connectivity index (χ4v) is 2.20. The third-order valence-electron chi connectivity index (χ3n) is 2.50. The lowest BCUT2D eigenvalue weighted by atomic mass is 10.2. The fraction of sp³-hybridized carbons (Fsp3) is 0.917. The molecule has 0 saturated carbocycles. The number of rotatable bonds is 10. The van der Waals surface area contributed by atoms with Gasteiger partial charge in [0.1, 0.15) is 0 Å². The average molecular weight is 247 g/mol. The predicted molar refractivity (Wildman–Crippen MR) is 71.2 cm³/mol. The summed E-state index contributed by atoms with van der Waals surface area (Å²) in [6, 6.07) is 0.514. The molecule has 96 valence electrons. The summed E-state index contributed by atoms with van der Waals surface area (Å²) in [6.07, 6.45) is 2.24. The van der Waals surface area contributed by atoms with Crippen LogP contribution in [0.2, 0.25) is 0 Å². The zero-order valence-corrected chi connectivity index (χ0v) is 11.6. The zero-order valence-electron chi connectivity index (χ0n) is 10.7. The van der Waals surface area contributed by atoms with E-state index in [1.807, 2.05) is 11.8 Å². The highest BCUT2D eigenvalue weighted by Gasteiger charge is 2.09. The van der Waals surface area contributed by atoms with E-state index in [-0.39, 0.29) is 6.42 Å². The monoisotopic (exact) mass is 247 g/mol. The van der Waals surface area contributed by atoms with Crippen molar-refractivity contribution in [2.75, 3.05) is 24.6 Å². The molecule has 0 aliphatic rings. The first kappa shape index (κ1) is 15.8. The van der Waals surface area contributed by atoms with Gasteiger partial charge in [-0.2, -0.15) is 11.8 Å². The van der Waals surface area contributed by atoms with Crippen molar-refractivity contribution < 1.29 is 9.90 Å². The Bertz CT molecular complexity index is 186. The van der Waals surface area contributed by atoms with Crippen molar-refractivity contribution in [3.63, 3.8) is 0 Å². The lowest BCUT2D eigenvalue weighted by Crippen LogP contribution is -2.33. The molecule has 0 aromatic carbocycles. The first-order chi connectivity index (χ1) is 7.57. The SMILES string of the molecule is CCSCCCN(CCCC(=O)O)C(C)C. The molecule has 0 bridgehead atoms. The first-order valence-corrected chi connectivity index (χ1v) is 7.27. The molecule has 0 radical (unpaired) electrons. The summed E-state index contributed by atoms with van der Waals surface area (Å²) in [7, 11) is 0. The molecule has 0 saturated heterocycles. The maximum Gasteiger partial charge on any atom is 0.303 e. The van der Waals surface area contributed by atoms with Crippen LogP contribution in [0.25, 0.3) is 0 Å². The van der Waals surface area contributed by atoms with E-state index in [9.17, 15) is 4.79 Å². The summed E-state index contributed by atoms with van der Waals surface area (Å²) < 4.78 is 0. The second-order valence-corrected chi connectivity index (χ2v) is 5.57. The minimum Gasteiger partial charge on any atom is -0.481 e. The molecule has 3 nitrogen and oxygen atoms in total. The average Bonchev–Trinajstić information content (AvgIpc) is 2.20. The van der Waals surface area contributed by atoms with Crippen LogP contribution in [0.1, 0.15) is 40.0 Å². The molecule has 0 aliphatic heterocycles. The van der Waals surface area contributed by atoms with Gasteiger partial charge in [-0.1, -0.05) is 6.92 Å². The van der Waals surface area contributed by atoms with E-state index in [1.165, 1.54) is 17.9 Å². The Kier molecular flexibility index (Phi) is 9.83. The van der Waals surface area contributed by atoms with E-state index in [0.717, 1.165) is 19.5 Å². The highest BCUT2D eigenvalue weighted by molar-refractivity contribution is 7.99. The maximum atomic E-state index is 10.4. The zero-order chi connectivity index (χ0) is 12.4. The van der Waals surface area contributed by atoms with Gasteiger partial charge in [-0.3, -0.25) is 4.79 Å². The molecular weight excluding hydrogens is 222 g/mol. The van der Waals surface area contributed by atoms with Gasteiger partial charge in [0.25, 0.3) is 0 Å². The molecule has 1 N–H and O–H groups in total. The summed E-state index contributed by atoms with van der Waals surface area (Å²) in [5.74, 6) is 1.70. The van der Waals surface area contributed by atoms with Gasteiger partial charge in [-0.05, 0) is 51.3 Å². The van der Waals surface area contributed by atoms with Gasteiger partial charge >= 0.3 is 5.97 Å². The molecule has 0 unspecified atom stereocenters. The number of hydrogen-bond donors (Lipinski definition) is 1. The van der Waals surface area contributed by atoms with E-state index >= 15 is 0 Å². The van der Waals surface area contributed by atoms with Crippen LogP contribution in [0.15, 0.2) is 0 Å². The topological polar surface area (TPSA) is 40.5 Å². The quantitative estimate of drug-likeness (QED) is 0.603. The number of carbonyl (C=O) groups is 1. The smallest absolute Gasteiger partial charge is 0.303 e. The number of thioether (sulfide) groups is 1. The van der Waals surface area contributed by atoms with Crippen molar-refractivity contribution in [3.05, 3.63) is 0 Å². The van der Waals surface area contributed by atoms with Gasteiger partial charge in [0.2, 0.25) is 0 Å². The van der Waals surface area contributed by atoms with Gasteiger partial charge in [0.05, 0.1) is 0 Å². The Morgan fingerprint density at radius 2 is 1.94 bits per heavy atom. The van der Waals surface area contributed by atoms with E-state index in [1.54, 1.807) is 0 Å². The normalized spacial score (nSPS) is 11.3. The first-order valence-electron chi connectivity index (χ1n) is 6.11. The van der Waals surface area contributed by atoms with Crippen LogP contribution in [0, 0.1) is 0 Å². The Balaban J connectivity index is 3.66. The Morgan fingerprint density at radius 3 is 2.44 bits per heavy atom. The standard InChI is InChI=1S/C12H25NO2S/c1-4-16-10-6-9-13(11(2)3)8-5-7-12(14)15/h11H,4-10H2,1-3H3,(H,14,15). The predicted octanol–water partition coefficient (Wildman–Crippen LogP) is 2.70. The third kappa shape index (κ3) is 9.04. The number of carboxylic acid groups (broad SMARTS) is 1. The van der Waals surface area contributed by atoms with E-state index in [4.69, 9.17) is 5.11 Å². The van der Waals surface area contributed by atoms with Crippen LogP contribution in [-0.2, 0) is 4.79 Å². The Morgan fingerprint density at radius 1 is 1.31 bits per heavy atom. The van der Waals surface area contributed by atoms with Crippen molar-refractivity contribution in [2.45, 2.75) is 46.1 Å². The van der Waals surface area contributed by atoms with Crippen LogP contribution >= 0.6 is 11.8 Å². The van der Waals surface area contributed by atoms with E-state index in [0.29, 0.717) is 6.04 Å². The summed E-state index contributed by atoms with van der Waals surface area (Å²) in [4.78, 5) is 12.8. The van der Waals surface area contributed by atoms with E-state index < -0.39 is 5.97 Å². The molecule has 0 rings (SSSR count). The molecule has 4 heteroatoms. The fourth-order valence-electron chi connectivity index (χ4n) is 1.58. The third-order valence-corrected chi connectivity index (χ3v) is 3.49. The number of nitrogens with zero attached hydrogens (tertiary/aromatic N) is 1. The van der Waals surface area contributed by atoms with Crippen molar-refractivity contribution in [2.24, 2.45) is 0 Å². The number of carboxylic acids is 1. The van der Waals surface area contributed by atoms with Crippen LogP contribution in [0.5, 0.6) is 0 Å². The van der Waals surface area contributed by atoms with E-state index in [2.05, 4.69) is 25.7 Å². The molecule has 0 spiro atoms. The molecular formula is C12H25NO2S. The molecule has 0 fully saturated rings. The van der Waals surface area contributed by atoms with Gasteiger partial charge in [0, 0.05) is 12.5 Å². The Labute approximate surface area is 104 Å². The largest absolute Gasteiger partial charge is 0.481 e. The lowest BCUT2D eigenvalue weighted by molar-refractivity contribution is -0.137. The molecule has 0 aromatic heterocycles. The van der Waals surface area contributed by atoms with Gasteiger partial charge in [0.15, 0.2) is 0 Å². The summed E-state index contributed by atoms with van der Waals surface area (Å²) in [6.45, 7) is 8.52. The Hall–Kier alpha value is -0.220. The summed E-state index contributed by atoms with van der Waals surface area (Å²) >= 11 is 1.97. The van der Waals surface area contributed by atoms with Crippen molar-refractivity contribution >= 4 is 17.7 Å². The van der Waals surface area contributed by atoms with Gasteiger partial charge in [-0.25, -0.2) is 0 Å². The molecule has 0 atom stereocenters. The van der Waals surface area contributed by atoms with Crippen LogP contribution in [0.3, 0.4) is 0 Å². The van der Waals surface area contributed by atoms with Crippen LogP contribution < -0.4 is 0 Å². The summed E-state index contributed by atoms with van der Waals surface area (Å²) in [5.41, 5.74) is 0. The van der Waals surface area contributed by atoms with Crippen LogP contribution in [0.4, 0.5) is 0 Å². The second-order valence-electron chi connectivity index (χ2n) is 4.18. The number of aliphatic carboxylic acids is 1. The summed E-state index contributed by atoms with van der Waals surface area (Å²) in [5, 5.41) is 8.59.